The van der Waals surface area contributed by atoms with E-state index in [1.54, 1.807) is 39.0 Å². The Labute approximate surface area is 186 Å². The number of sulfonamides is 1. The number of carbonyl (C=O) groups excluding carboxylic acids is 1. The minimum Gasteiger partial charge on any atom is -0.349 e. The quantitative estimate of drug-likeness (QED) is 0.421. The highest BCUT2D eigenvalue weighted by Crippen LogP contribution is 2.32. The number of nitrogens with one attached hydrogen (secondary N) is 1. The molecule has 0 fully saturated rings. The van der Waals surface area contributed by atoms with Gasteiger partial charge in [-0.05, 0) is 50.6 Å². The third-order valence-electron chi connectivity index (χ3n) is 4.62. The summed E-state index contributed by atoms with van der Waals surface area (Å²) in [5, 5.41) is 13.9. The number of benzene rings is 2. The van der Waals surface area contributed by atoms with Crippen LogP contribution in [0.4, 0.5) is 5.69 Å². The van der Waals surface area contributed by atoms with E-state index in [1.807, 2.05) is 0 Å². The molecular weight excluding hydrogens is 432 g/mol. The fourth-order valence-corrected chi connectivity index (χ4v) is 4.59. The van der Waals surface area contributed by atoms with E-state index in [1.165, 1.54) is 35.2 Å². The molecule has 0 spiro atoms. The van der Waals surface area contributed by atoms with E-state index in [-0.39, 0.29) is 23.0 Å². The maximum atomic E-state index is 13.4. The van der Waals surface area contributed by atoms with E-state index in [0.29, 0.717) is 11.1 Å². The minimum absolute atomic E-state index is 0.0238. The standard InChI is InChI=1S/C22H22N4O5S/c1-5-14-25(20-17-8-6-7-9-18(17)32(30,31)24-20)19(21(27)23-22(2,3)4)15-10-12-16(13-11-15)26(28)29/h1,6-13,19H,14H2,2-4H3,(H,23,27). The van der Waals surface area contributed by atoms with Crippen molar-refractivity contribution in [2.24, 2.45) is 4.40 Å². The van der Waals surface area contributed by atoms with Gasteiger partial charge in [-0.2, -0.15) is 8.42 Å². The SMILES string of the molecule is C#CCN(C1=NS(=O)(=O)c2ccccc21)C(C(=O)NC(C)(C)C)c1ccc([N+](=O)[O-])cc1. The predicted octanol–water partition coefficient (Wildman–Crippen LogP) is 2.63. The lowest BCUT2D eigenvalue weighted by Crippen LogP contribution is -2.49. The molecule has 0 radical (unpaired) electrons. The van der Waals surface area contributed by atoms with Gasteiger partial charge in [-0.15, -0.1) is 10.8 Å². The normalized spacial score (nSPS) is 15.1. The van der Waals surface area contributed by atoms with Crippen LogP contribution in [0.3, 0.4) is 0 Å². The second-order valence-corrected chi connectivity index (χ2v) is 9.78. The fourth-order valence-electron chi connectivity index (χ4n) is 3.37. The number of nitro groups is 1. The highest BCUT2D eigenvalue weighted by Gasteiger charge is 2.38. The van der Waals surface area contributed by atoms with Crippen LogP contribution in [0.2, 0.25) is 0 Å². The van der Waals surface area contributed by atoms with Gasteiger partial charge in [0.05, 0.1) is 11.5 Å². The molecular formula is C22H22N4O5S. The molecule has 1 aliphatic heterocycles. The van der Waals surface area contributed by atoms with E-state index >= 15 is 0 Å². The lowest BCUT2D eigenvalue weighted by molar-refractivity contribution is -0.384. The van der Waals surface area contributed by atoms with Crippen molar-refractivity contribution in [3.05, 3.63) is 69.8 Å². The summed E-state index contributed by atoms with van der Waals surface area (Å²) >= 11 is 0. The van der Waals surface area contributed by atoms with Gasteiger partial charge in [0.25, 0.3) is 15.7 Å². The van der Waals surface area contributed by atoms with Crippen molar-refractivity contribution in [2.75, 3.05) is 6.54 Å². The maximum Gasteiger partial charge on any atom is 0.285 e. The summed E-state index contributed by atoms with van der Waals surface area (Å²) in [6, 6.07) is 10.7. The first-order valence-electron chi connectivity index (χ1n) is 9.65. The van der Waals surface area contributed by atoms with Crippen molar-refractivity contribution in [3.63, 3.8) is 0 Å². The van der Waals surface area contributed by atoms with Gasteiger partial charge in [-0.3, -0.25) is 14.9 Å². The molecule has 10 heteroatoms. The Balaban J connectivity index is 2.17. The largest absolute Gasteiger partial charge is 0.349 e. The second kappa shape index (κ2) is 8.43. The summed E-state index contributed by atoms with van der Waals surface area (Å²) in [5.74, 6) is 2.06. The van der Waals surface area contributed by atoms with Crippen molar-refractivity contribution in [3.8, 4) is 12.3 Å². The lowest BCUT2D eigenvalue weighted by atomic mass is 10.00. The zero-order valence-corrected chi connectivity index (χ0v) is 18.6. The number of rotatable bonds is 5. The summed E-state index contributed by atoms with van der Waals surface area (Å²) in [7, 11) is -3.96. The highest BCUT2D eigenvalue weighted by atomic mass is 32.2. The predicted molar refractivity (Wildman–Crippen MR) is 119 cm³/mol. The molecule has 1 N–H and O–H groups in total. The molecule has 1 aliphatic rings. The molecule has 32 heavy (non-hydrogen) atoms. The number of amides is 1. The van der Waals surface area contributed by atoms with Gasteiger partial charge in [0.15, 0.2) is 5.84 Å². The first-order valence-corrected chi connectivity index (χ1v) is 11.1. The number of nitro benzene ring substituents is 1. The van der Waals surface area contributed by atoms with Crippen LogP contribution in [0.25, 0.3) is 0 Å². The molecule has 0 saturated heterocycles. The third kappa shape index (κ3) is 4.63. The van der Waals surface area contributed by atoms with Crippen LogP contribution in [0.15, 0.2) is 57.8 Å². The summed E-state index contributed by atoms with van der Waals surface area (Å²) in [5.41, 5.74) is -0.00647. The molecule has 9 nitrogen and oxygen atoms in total. The summed E-state index contributed by atoms with van der Waals surface area (Å²) < 4.78 is 29.1. The van der Waals surface area contributed by atoms with Gasteiger partial charge >= 0.3 is 0 Å². The summed E-state index contributed by atoms with van der Waals surface area (Å²) in [6.45, 7) is 5.28. The molecule has 0 bridgehead atoms. The molecule has 1 heterocycles. The molecule has 1 unspecified atom stereocenters. The number of non-ortho nitro benzene ring substituents is 1. The highest BCUT2D eigenvalue weighted by molar-refractivity contribution is 7.90. The Morgan fingerprint density at radius 3 is 2.41 bits per heavy atom. The van der Waals surface area contributed by atoms with Crippen molar-refractivity contribution >= 4 is 27.5 Å². The topological polar surface area (TPSA) is 122 Å². The summed E-state index contributed by atoms with van der Waals surface area (Å²) in [6.07, 6.45) is 5.57. The number of hydrogen-bond acceptors (Lipinski definition) is 6. The van der Waals surface area contributed by atoms with Crippen LogP contribution in [-0.4, -0.2) is 42.1 Å². The minimum atomic E-state index is -3.96. The molecule has 1 amide bonds. The molecule has 0 saturated carbocycles. The molecule has 2 aromatic carbocycles. The van der Waals surface area contributed by atoms with Gasteiger partial charge in [-0.1, -0.05) is 18.1 Å². The number of amidine groups is 1. The molecule has 2 aromatic rings. The van der Waals surface area contributed by atoms with Gasteiger partial charge in [0.2, 0.25) is 5.91 Å². The zero-order chi connectivity index (χ0) is 23.7. The molecule has 0 aliphatic carbocycles. The number of nitrogens with zero attached hydrogens (tertiary/aromatic N) is 3. The van der Waals surface area contributed by atoms with E-state index in [4.69, 9.17) is 6.42 Å². The number of hydrogen-bond donors (Lipinski definition) is 1. The van der Waals surface area contributed by atoms with Crippen LogP contribution in [0.5, 0.6) is 0 Å². The van der Waals surface area contributed by atoms with E-state index < -0.39 is 32.4 Å². The smallest absolute Gasteiger partial charge is 0.285 e. The zero-order valence-electron chi connectivity index (χ0n) is 17.8. The van der Waals surface area contributed by atoms with E-state index in [0.717, 1.165) is 0 Å². The second-order valence-electron chi connectivity index (χ2n) is 8.21. The lowest BCUT2D eigenvalue weighted by Gasteiger charge is -2.33. The van der Waals surface area contributed by atoms with Crippen LogP contribution in [-0.2, 0) is 14.8 Å². The van der Waals surface area contributed by atoms with Gasteiger partial charge in [-0.25, -0.2) is 0 Å². The molecule has 1 atom stereocenters. The number of fused-ring (bicyclic) bond motifs is 1. The molecule has 166 valence electrons. The van der Waals surface area contributed by atoms with Crippen molar-refractivity contribution in [2.45, 2.75) is 37.2 Å². The monoisotopic (exact) mass is 454 g/mol. The van der Waals surface area contributed by atoms with Crippen LogP contribution in [0, 0.1) is 22.5 Å². The fraction of sp³-hybridized carbons (Fsp3) is 0.273. The van der Waals surface area contributed by atoms with Gasteiger partial charge in [0, 0.05) is 23.2 Å². The molecule has 3 rings (SSSR count). The van der Waals surface area contributed by atoms with E-state index in [9.17, 15) is 23.3 Å². The van der Waals surface area contributed by atoms with Crippen molar-refractivity contribution < 1.29 is 18.1 Å². The Kier molecular flexibility index (Phi) is 6.05. The Morgan fingerprint density at radius 1 is 1.22 bits per heavy atom. The van der Waals surface area contributed by atoms with Crippen molar-refractivity contribution in [1.29, 1.82) is 0 Å². The van der Waals surface area contributed by atoms with Crippen molar-refractivity contribution in [1.82, 2.24) is 10.2 Å². The Morgan fingerprint density at radius 2 is 1.84 bits per heavy atom. The van der Waals surface area contributed by atoms with Crippen LogP contribution in [0.1, 0.15) is 37.9 Å². The van der Waals surface area contributed by atoms with E-state index in [2.05, 4.69) is 15.6 Å². The first kappa shape index (κ1) is 23.0. The van der Waals surface area contributed by atoms with Crippen LogP contribution < -0.4 is 5.32 Å². The van der Waals surface area contributed by atoms with Gasteiger partial charge in [0.1, 0.15) is 10.9 Å². The first-order chi connectivity index (χ1) is 14.9. The number of terminal acetylenes is 1. The number of carbonyl (C=O) groups is 1. The third-order valence-corrected chi connectivity index (χ3v) is 5.95. The van der Waals surface area contributed by atoms with Crippen LogP contribution >= 0.6 is 0 Å². The Bertz CT molecular complexity index is 1240. The average molecular weight is 455 g/mol. The molecule has 0 aromatic heterocycles. The average Bonchev–Trinajstić information content (AvgIpc) is 2.98. The maximum absolute atomic E-state index is 13.4. The van der Waals surface area contributed by atoms with Gasteiger partial charge < -0.3 is 10.2 Å². The summed E-state index contributed by atoms with van der Waals surface area (Å²) in [4.78, 5) is 25.3. The Hall–Kier alpha value is -3.71.